The van der Waals surface area contributed by atoms with Crippen LogP contribution in [0.3, 0.4) is 0 Å². The van der Waals surface area contributed by atoms with Crippen LogP contribution in [0.25, 0.3) is 44.7 Å². The van der Waals surface area contributed by atoms with Gasteiger partial charge in [-0.05, 0) is 51.3 Å². The molecule has 118 heavy (non-hydrogen) atoms. The number of ether oxygens (including phenoxy) is 6. The van der Waals surface area contributed by atoms with Crippen LogP contribution in [0, 0.1) is 7.43 Å². The molecule has 24 N–H and O–H groups in total. The molecule has 4 aromatic carbocycles. The van der Waals surface area contributed by atoms with Crippen molar-refractivity contribution in [2.24, 2.45) is 5.90 Å². The van der Waals surface area contributed by atoms with Gasteiger partial charge in [0, 0.05) is 38.1 Å². The van der Waals surface area contributed by atoms with Gasteiger partial charge in [0.1, 0.15) is 62.0 Å². The number of halogens is 5. The Labute approximate surface area is 682 Å². The van der Waals surface area contributed by atoms with Gasteiger partial charge < -0.3 is 111 Å². The summed E-state index contributed by atoms with van der Waals surface area (Å²) in [5.41, 5.74) is 21.0. The molecule has 43 nitrogen and oxygen atoms in total. The van der Waals surface area contributed by atoms with Gasteiger partial charge in [-0.2, -0.15) is 34.6 Å². The zero-order chi connectivity index (χ0) is 83.7. The average Bonchev–Trinajstić information content (AvgIpc) is 1.60. The number of aliphatic hydroxyl groups is 9. The van der Waals surface area contributed by atoms with Crippen LogP contribution in [-0.2, 0) is 61.8 Å². The largest absolute Gasteiger partial charge is 0.460 e. The van der Waals surface area contributed by atoms with Crippen LogP contribution >= 0.6 is 23.3 Å². The number of rotatable bonds is 17. The Hall–Kier alpha value is -10.6. The maximum absolute atomic E-state index is 14.3. The predicted molar refractivity (Wildman–Crippen MR) is 410 cm³/mol. The van der Waals surface area contributed by atoms with Crippen LogP contribution in [0.15, 0.2) is 152 Å². The number of imidazole rings is 4. The van der Waals surface area contributed by atoms with Crippen molar-refractivity contribution in [2.75, 3.05) is 62.3 Å². The summed E-state index contributed by atoms with van der Waals surface area (Å²) in [6, 6.07) is 36.0. The smallest absolute Gasteiger partial charge is 0.301 e. The molecule has 12 heterocycles. The van der Waals surface area contributed by atoms with Gasteiger partial charge in [0.15, 0.2) is 99.0 Å². The zero-order valence-corrected chi connectivity index (χ0v) is 65.5. The summed E-state index contributed by atoms with van der Waals surface area (Å²) in [6.45, 7) is -2.26. The summed E-state index contributed by atoms with van der Waals surface area (Å²) >= 11 is 3.11. The Kier molecular flexibility index (Phi) is 30.7. The quantitative estimate of drug-likeness (QED) is 0.00903. The van der Waals surface area contributed by atoms with E-state index in [1.54, 1.807) is 24.3 Å². The van der Waals surface area contributed by atoms with E-state index in [1.807, 2.05) is 97.1 Å². The minimum atomic E-state index is -3.13. The molecule has 16 rings (SSSR count). The van der Waals surface area contributed by atoms with E-state index in [9.17, 15) is 71.9 Å². The normalized spacial score (nSPS) is 23.7. The number of alkyl halides is 4. The average molecular weight is 1830 g/mol. The third-order valence-corrected chi connectivity index (χ3v) is 20.7. The second-order valence-electron chi connectivity index (χ2n) is 25.2. The molecule has 638 valence electrons. The fourth-order valence-electron chi connectivity index (χ4n) is 12.3. The number of nitrogens with zero attached hydrogens (tertiary/aromatic N) is 13. The fourth-order valence-corrected chi connectivity index (χ4v) is 14.5. The standard InChI is InChI=1S/C17H19FN6O5.C17H18FN5O5.C12H12NO2P.C10H11BrFN5O4.C10H12FN5O4.CH4O.CH3.Pd/c18-10-9(6-25)29-15(12(10)26)23-13-11(14(27)24(20)16(19)22-13)21-17(23)28-7-8-4-2-1-3-5-8;18-10-9(6-24)28-15(12(10)25)23-13-11(14(26)22-16(19)21-13)20-17(23)27-7-8-4-2-1-3-5-8;13-15-16(14,11-7-3-1-4-8-11)12-9-5-2-6-10-12;11-9-14-4-6(15-10(13)16-7(4)20)17(9)8-5(19)3(12)2(1-18)21-8;11-4-3(1-17)20-9(6(4)18)16-2-13-5-7(16)14-10(12)15-8(5)19;1-2;;/h1-5,9-10,12,15,25-26H,6-7,20H2,(H2,19,22);1-5,9-10,12,15,24-25H,6-7H2,(H3,19,21,22,26);1-10H,13H2;2-3,5,8,18-19H,1H2,(H3,13,15,16,20);2-4,6,9,17-18H,1H2,(H3,12,14,15,19);2H,1H3;1H3;/q;;;;;;-1;/t2*9-,10-,12-,15-;;2-,3-,5-,8-;3-,4-,6-,9-;;;/m11.11.../s1. The molecule has 50 heteroatoms. The van der Waals surface area contributed by atoms with E-state index in [1.165, 1.54) is 20.0 Å². The molecule has 0 saturated carbocycles. The molecule has 16 atom stereocenters. The molecule has 0 amide bonds. The number of anilines is 4. The zero-order valence-electron chi connectivity index (χ0n) is 61.5. The van der Waals surface area contributed by atoms with Gasteiger partial charge in [0.2, 0.25) is 23.8 Å². The molecule has 4 aliphatic rings. The fraction of sp³-hybridized carbons (Fsp3) is 0.338. The van der Waals surface area contributed by atoms with Crippen LogP contribution < -0.4 is 77.0 Å². The van der Waals surface area contributed by atoms with Gasteiger partial charge >= 0.3 is 17.6 Å². The predicted octanol–water partition coefficient (Wildman–Crippen LogP) is -1.87. The summed E-state index contributed by atoms with van der Waals surface area (Å²) in [4.78, 5) is 86.8. The van der Waals surface area contributed by atoms with E-state index in [2.05, 4.69) is 70.8 Å². The molecule has 4 aliphatic heterocycles. The van der Waals surface area contributed by atoms with Gasteiger partial charge in [-0.25, -0.2) is 47.2 Å². The van der Waals surface area contributed by atoms with Crippen molar-refractivity contribution in [3.05, 3.63) is 192 Å². The number of hydrogen-bond acceptors (Lipinski definition) is 35. The van der Waals surface area contributed by atoms with E-state index in [0.717, 1.165) is 22.8 Å². The number of fused-ring (bicyclic) bond motifs is 4. The molecule has 0 aliphatic carbocycles. The Balaban J connectivity index is 0.000000169. The molecule has 12 aromatic rings. The number of aromatic nitrogens is 16. The van der Waals surface area contributed by atoms with E-state index in [-0.39, 0.29) is 126 Å². The van der Waals surface area contributed by atoms with Crippen molar-refractivity contribution in [1.29, 1.82) is 0 Å². The van der Waals surface area contributed by atoms with E-state index >= 15 is 0 Å². The number of nitrogens with one attached hydrogen (secondary N) is 3. The first-order chi connectivity index (χ1) is 55.6. The maximum atomic E-state index is 14.3. The van der Waals surface area contributed by atoms with Crippen LogP contribution in [0.1, 0.15) is 36.0 Å². The van der Waals surface area contributed by atoms with Gasteiger partial charge in [-0.15, -0.1) is 0 Å². The maximum Gasteiger partial charge on any atom is 0.301 e. The van der Waals surface area contributed by atoms with Crippen molar-refractivity contribution in [3.8, 4) is 12.0 Å². The first kappa shape index (κ1) is 91.3. The number of aromatic amines is 3. The minimum Gasteiger partial charge on any atom is -0.460 e. The van der Waals surface area contributed by atoms with Crippen LogP contribution in [-0.4, -0.2) is 231 Å². The topological polar surface area (TPSA) is 663 Å². The minimum absolute atomic E-state index is 0. The summed E-state index contributed by atoms with van der Waals surface area (Å²) < 4.78 is 112. The number of H-pyrrole nitrogens is 3. The molecule has 4 saturated heterocycles. The van der Waals surface area contributed by atoms with Crippen molar-refractivity contribution in [2.45, 2.75) is 112 Å². The van der Waals surface area contributed by atoms with Crippen molar-refractivity contribution in [1.82, 2.24) is 77.8 Å². The van der Waals surface area contributed by atoms with Crippen molar-refractivity contribution < 1.29 is 122 Å². The number of nitrogen functional groups attached to an aromatic ring is 5. The Morgan fingerprint density at radius 3 is 1.20 bits per heavy atom. The summed E-state index contributed by atoms with van der Waals surface area (Å²) in [5.74, 6) is 10.00. The van der Waals surface area contributed by atoms with E-state index in [0.29, 0.717) is 15.3 Å². The summed E-state index contributed by atoms with van der Waals surface area (Å²) in [6.07, 6.45) is -22.2. The molecule has 0 spiro atoms. The second-order valence-corrected chi connectivity index (χ2v) is 28.3. The monoisotopic (exact) mass is 1830 g/mol. The second kappa shape index (κ2) is 39.8. The van der Waals surface area contributed by atoms with E-state index in [4.69, 9.17) is 83.0 Å². The number of hydrogen-bond donors (Lipinski definition) is 18. The Morgan fingerprint density at radius 2 is 0.814 bits per heavy atom. The van der Waals surface area contributed by atoms with Gasteiger partial charge in [0.25, 0.3) is 24.0 Å². The molecule has 8 aromatic heterocycles. The van der Waals surface area contributed by atoms with Crippen LogP contribution in [0.5, 0.6) is 12.0 Å². The molecule has 0 radical (unpaired) electrons. The first-order valence-electron chi connectivity index (χ1n) is 34.4. The third-order valence-electron chi connectivity index (χ3n) is 17.9. The molecule has 0 unspecified atom stereocenters. The molecular weight excluding hydrogens is 1750 g/mol. The van der Waals surface area contributed by atoms with Crippen molar-refractivity contribution in [3.63, 3.8) is 0 Å². The SMILES string of the molecule is CO.NOP(=O)(c1ccccc1)c1ccccc1.Nc1nc2c(nc(Br)n2[C@@H]2O[C@H](CO)[C@@H](F)[C@H]2O)c(=O)[nH]1.Nc1nc2c(nc(OCc3ccccc3)n2[C@@H]2O[C@H](CO)[C@@H](F)[C@H]2O)c(=O)[nH]1.Nc1nc2c(nc(OCc3ccccc3)n2[C@@H]2O[C@H](CO)[C@@H](F)[C@H]2O)c(=O)n1N.Nc1nc2c(ncn2[C@@H]2O[C@H](CO)[C@@H](F)[C@H]2O)c(=O)[nH]1.[CH3-].[Pd]. The number of nitrogens with two attached hydrogens (primary N) is 6. The first-order valence-corrected chi connectivity index (χ1v) is 36.8. The van der Waals surface area contributed by atoms with Crippen LogP contribution in [0.2, 0.25) is 0 Å². The number of benzene rings is 4. The van der Waals surface area contributed by atoms with Crippen molar-refractivity contribution >= 4 is 102 Å². The molecule has 4 fully saturated rings. The molecular formula is C68H79BrF4N22O21PPd-. The van der Waals surface area contributed by atoms with Gasteiger partial charge in [0.05, 0.1) is 32.8 Å². The Morgan fingerprint density at radius 1 is 0.483 bits per heavy atom. The number of aliphatic hydroxyl groups excluding tert-OH is 9. The van der Waals surface area contributed by atoms with Crippen LogP contribution in [0.4, 0.5) is 41.4 Å². The summed E-state index contributed by atoms with van der Waals surface area (Å²) in [7, 11) is -2.13. The third kappa shape index (κ3) is 18.8. The van der Waals surface area contributed by atoms with E-state index < -0.39 is 154 Å². The Bertz CT molecular complexity index is 5620. The summed E-state index contributed by atoms with van der Waals surface area (Å²) in [5, 5.41) is 85.1. The van der Waals surface area contributed by atoms with Gasteiger partial charge in [-0.1, -0.05) is 97.1 Å². The molecule has 0 bridgehead atoms. The van der Waals surface area contributed by atoms with Gasteiger partial charge in [-0.3, -0.25) is 47.8 Å².